The average Bonchev–Trinajstić information content (AvgIpc) is 3.04. The van der Waals surface area contributed by atoms with Gasteiger partial charge in [-0.25, -0.2) is 4.90 Å². The topological polar surface area (TPSA) is 66.5 Å². The van der Waals surface area contributed by atoms with Gasteiger partial charge in [-0.2, -0.15) is 0 Å². The van der Waals surface area contributed by atoms with Crippen LogP contribution in [0, 0.1) is 0 Å². The van der Waals surface area contributed by atoms with Gasteiger partial charge in [0.15, 0.2) is 0 Å². The van der Waals surface area contributed by atoms with Crippen LogP contribution >= 0.6 is 0 Å². The van der Waals surface area contributed by atoms with Gasteiger partial charge >= 0.3 is 0 Å². The Balaban J connectivity index is 0.00000134. The molecule has 40 heavy (non-hydrogen) atoms. The van der Waals surface area contributed by atoms with Gasteiger partial charge in [-0.1, -0.05) is 97.0 Å². The molecule has 4 rings (SSSR count). The molecule has 3 amide bonds. The number of hydrogen-bond acceptors (Lipinski definition) is 3. The van der Waals surface area contributed by atoms with E-state index in [4.69, 9.17) is 0 Å². The van der Waals surface area contributed by atoms with Gasteiger partial charge in [0.2, 0.25) is 5.91 Å². The number of hydrogen-bond donors (Lipinski definition) is 1. The Hall–Kier alpha value is -3.73. The van der Waals surface area contributed by atoms with Crippen LogP contribution < -0.4 is 10.2 Å². The number of carbonyl (C=O) groups is 3. The van der Waals surface area contributed by atoms with Crippen molar-refractivity contribution in [2.24, 2.45) is 0 Å². The van der Waals surface area contributed by atoms with Crippen molar-refractivity contribution in [2.45, 2.75) is 93.0 Å². The molecule has 0 saturated carbocycles. The van der Waals surface area contributed by atoms with Crippen molar-refractivity contribution in [2.75, 3.05) is 4.90 Å². The number of anilines is 1. The predicted molar refractivity (Wildman–Crippen MR) is 166 cm³/mol. The second-order valence-electron chi connectivity index (χ2n) is 11.5. The molecule has 1 saturated heterocycles. The minimum atomic E-state index is -0.370. The zero-order valence-corrected chi connectivity index (χ0v) is 25.9. The number of carbonyl (C=O) groups excluding carboxylic acids is 3. The second-order valence-corrected chi connectivity index (χ2v) is 11.5. The fraction of sp³-hybridized carbons (Fsp3) is 0.400. The van der Waals surface area contributed by atoms with Crippen molar-refractivity contribution >= 4 is 23.4 Å². The maximum absolute atomic E-state index is 13.2. The molecule has 2 aromatic rings. The van der Waals surface area contributed by atoms with Crippen LogP contribution in [0.1, 0.15) is 92.3 Å². The number of imide groups is 1. The van der Waals surface area contributed by atoms with Gasteiger partial charge in [0.25, 0.3) is 11.8 Å². The van der Waals surface area contributed by atoms with E-state index in [0.717, 1.165) is 12.0 Å². The maximum Gasteiger partial charge on any atom is 0.266 e. The molecule has 1 heterocycles. The van der Waals surface area contributed by atoms with Gasteiger partial charge in [-0.05, 0) is 73.9 Å². The number of allylic oxidation sites excluding steroid dienone is 3. The van der Waals surface area contributed by atoms with Gasteiger partial charge in [0.05, 0.1) is 11.3 Å². The van der Waals surface area contributed by atoms with Gasteiger partial charge in [-0.15, -0.1) is 0 Å². The standard InChI is InChI=1S/C31H34N2O3.2C2H6/c1-30(2,3)23-13-7-20(8-14-23)19-21-9-15-24(16-10-21)33-28(35)25-17-11-22(12-18-26(25)29(33)36)27(34)32-31(4,5)6;2*1-2/h7-11,13-18H,12,19H2,1-6H3,(H,32,34);2*1-2H3. The van der Waals surface area contributed by atoms with E-state index in [1.54, 1.807) is 18.2 Å². The lowest BCUT2D eigenvalue weighted by Crippen LogP contribution is -2.41. The molecule has 0 aromatic heterocycles. The lowest BCUT2D eigenvalue weighted by molar-refractivity contribution is -0.120. The van der Waals surface area contributed by atoms with Crippen molar-refractivity contribution in [3.05, 3.63) is 100 Å². The van der Waals surface area contributed by atoms with Crippen LogP contribution in [-0.2, 0) is 26.2 Å². The summed E-state index contributed by atoms with van der Waals surface area (Å²) in [5.74, 6) is -0.926. The highest BCUT2D eigenvalue weighted by atomic mass is 16.2. The van der Waals surface area contributed by atoms with Gasteiger partial charge in [-0.3, -0.25) is 14.4 Å². The van der Waals surface area contributed by atoms with Gasteiger partial charge in [0, 0.05) is 16.7 Å². The molecule has 1 N–H and O–H groups in total. The number of rotatable bonds is 4. The molecule has 2 aromatic carbocycles. The number of fused-ring (bicyclic) bond motifs is 1. The zero-order valence-electron chi connectivity index (χ0n) is 25.9. The van der Waals surface area contributed by atoms with Crippen molar-refractivity contribution < 1.29 is 14.4 Å². The molecular weight excluding hydrogens is 496 g/mol. The molecular formula is C35H46N2O3. The van der Waals surface area contributed by atoms with Crippen LogP contribution in [0.3, 0.4) is 0 Å². The molecule has 2 aliphatic rings. The van der Waals surface area contributed by atoms with Crippen molar-refractivity contribution in [3.63, 3.8) is 0 Å². The molecule has 0 atom stereocenters. The zero-order chi connectivity index (χ0) is 30.3. The van der Waals surface area contributed by atoms with Crippen LogP contribution in [0.15, 0.2) is 83.5 Å². The van der Waals surface area contributed by atoms with Crippen LogP contribution in [0.4, 0.5) is 5.69 Å². The second kappa shape index (κ2) is 13.6. The Morgan fingerprint density at radius 2 is 1.25 bits per heavy atom. The SMILES string of the molecule is CC.CC.CC(C)(C)NC(=O)C1=CC=C2C(=O)N(c3ccc(Cc4ccc(C(C)(C)C)cc4)cc3)C(=O)C2=CC1. The highest BCUT2D eigenvalue weighted by molar-refractivity contribution is 6.37. The molecule has 1 aliphatic heterocycles. The number of benzene rings is 2. The van der Waals surface area contributed by atoms with Crippen LogP contribution in [-0.4, -0.2) is 23.3 Å². The third-order valence-corrected chi connectivity index (χ3v) is 6.34. The van der Waals surface area contributed by atoms with Crippen molar-refractivity contribution in [1.29, 1.82) is 0 Å². The summed E-state index contributed by atoms with van der Waals surface area (Å²) in [7, 11) is 0. The number of nitrogens with zero attached hydrogens (tertiary/aromatic N) is 1. The number of amides is 3. The van der Waals surface area contributed by atoms with Crippen LogP contribution in [0.25, 0.3) is 0 Å². The molecule has 1 fully saturated rings. The minimum absolute atomic E-state index is 0.117. The molecule has 5 nitrogen and oxygen atoms in total. The summed E-state index contributed by atoms with van der Waals surface area (Å²) >= 11 is 0. The first-order chi connectivity index (χ1) is 18.8. The molecule has 0 spiro atoms. The molecule has 0 bridgehead atoms. The third-order valence-electron chi connectivity index (χ3n) is 6.34. The van der Waals surface area contributed by atoms with E-state index in [-0.39, 0.29) is 35.1 Å². The first-order valence-electron chi connectivity index (χ1n) is 14.3. The summed E-state index contributed by atoms with van der Waals surface area (Å²) in [4.78, 5) is 40.1. The first kappa shape index (κ1) is 32.5. The highest BCUT2D eigenvalue weighted by Crippen LogP contribution is 2.33. The van der Waals surface area contributed by atoms with Crippen molar-refractivity contribution in [3.8, 4) is 0 Å². The summed E-state index contributed by atoms with van der Waals surface area (Å²) < 4.78 is 0. The lowest BCUT2D eigenvalue weighted by atomic mass is 9.86. The summed E-state index contributed by atoms with van der Waals surface area (Å²) in [5.41, 5.74) is 5.08. The summed E-state index contributed by atoms with van der Waals surface area (Å²) in [6.07, 6.45) is 5.97. The molecule has 0 unspecified atom stereocenters. The van der Waals surface area contributed by atoms with E-state index in [0.29, 0.717) is 22.4 Å². The largest absolute Gasteiger partial charge is 0.348 e. The Kier molecular flexibility index (Phi) is 11.0. The quantitative estimate of drug-likeness (QED) is 0.405. The van der Waals surface area contributed by atoms with E-state index >= 15 is 0 Å². The van der Waals surface area contributed by atoms with Gasteiger partial charge < -0.3 is 5.32 Å². The van der Waals surface area contributed by atoms with E-state index in [1.807, 2.05) is 72.7 Å². The summed E-state index contributed by atoms with van der Waals surface area (Å²) in [6, 6.07) is 16.2. The first-order valence-corrected chi connectivity index (χ1v) is 14.3. The normalized spacial score (nSPS) is 14.8. The fourth-order valence-electron chi connectivity index (χ4n) is 4.33. The highest BCUT2D eigenvalue weighted by Gasteiger charge is 2.40. The Morgan fingerprint density at radius 3 is 1.75 bits per heavy atom. The molecule has 5 heteroatoms. The fourth-order valence-corrected chi connectivity index (χ4v) is 4.33. The van der Waals surface area contributed by atoms with Crippen LogP contribution in [0.5, 0.6) is 0 Å². The predicted octanol–water partition coefficient (Wildman–Crippen LogP) is 7.60. The van der Waals surface area contributed by atoms with E-state index in [2.05, 4.69) is 50.4 Å². The summed E-state index contributed by atoms with van der Waals surface area (Å²) in [5, 5.41) is 2.93. The monoisotopic (exact) mass is 542 g/mol. The van der Waals surface area contributed by atoms with Gasteiger partial charge in [0.1, 0.15) is 0 Å². The Labute approximate surface area is 241 Å². The molecule has 1 aliphatic carbocycles. The Bertz CT molecular complexity index is 1300. The molecule has 0 radical (unpaired) electrons. The third kappa shape index (κ3) is 7.91. The smallest absolute Gasteiger partial charge is 0.266 e. The van der Waals surface area contributed by atoms with E-state index in [1.165, 1.54) is 16.0 Å². The minimum Gasteiger partial charge on any atom is -0.348 e. The maximum atomic E-state index is 13.2. The average molecular weight is 543 g/mol. The lowest BCUT2D eigenvalue weighted by Gasteiger charge is -2.21. The Morgan fingerprint density at radius 1 is 0.750 bits per heavy atom. The van der Waals surface area contributed by atoms with E-state index in [9.17, 15) is 14.4 Å². The summed E-state index contributed by atoms with van der Waals surface area (Å²) in [6.45, 7) is 20.3. The van der Waals surface area contributed by atoms with Crippen molar-refractivity contribution in [1.82, 2.24) is 5.32 Å². The van der Waals surface area contributed by atoms with E-state index < -0.39 is 0 Å². The van der Waals surface area contributed by atoms with Crippen LogP contribution in [0.2, 0.25) is 0 Å². The molecule has 214 valence electrons. The number of nitrogens with one attached hydrogen (secondary N) is 1.